The molecule has 0 fully saturated rings. The minimum Gasteiger partial charge on any atom is -0.398 e. The number of hydrogen-bond donors (Lipinski definition) is 4. The van der Waals surface area contributed by atoms with Gasteiger partial charge in [-0.2, -0.15) is 13.2 Å². The zero-order chi connectivity index (χ0) is 23.6. The Morgan fingerprint density at radius 3 is 2.26 bits per heavy atom. The van der Waals surface area contributed by atoms with Crippen molar-refractivity contribution in [2.45, 2.75) is 38.7 Å². The fraction of sp³-hybridized carbons (Fsp3) is 0.300. The van der Waals surface area contributed by atoms with Crippen LogP contribution in [0.4, 0.5) is 27.6 Å². The second-order valence-electron chi connectivity index (χ2n) is 7.69. The van der Waals surface area contributed by atoms with E-state index in [1.54, 1.807) is 20.8 Å². The van der Waals surface area contributed by atoms with Gasteiger partial charge in [-0.15, -0.1) is 0 Å². The molecular weight excluding hydrogens is 421 g/mol. The fourth-order valence-corrected chi connectivity index (χ4v) is 2.56. The number of rotatable bonds is 3. The molecule has 0 saturated heterocycles. The Labute approximate surface area is 175 Å². The number of anilines is 1. The molecule has 0 aliphatic heterocycles. The summed E-state index contributed by atoms with van der Waals surface area (Å²) < 4.78 is 65.9. The van der Waals surface area contributed by atoms with Gasteiger partial charge in [0.15, 0.2) is 11.6 Å². The number of alkyl halides is 3. The van der Waals surface area contributed by atoms with E-state index in [0.29, 0.717) is 6.07 Å². The van der Waals surface area contributed by atoms with Gasteiger partial charge in [-0.3, -0.25) is 10.1 Å². The summed E-state index contributed by atoms with van der Waals surface area (Å²) in [5.74, 6) is -3.37. The molecule has 1 atom stereocenters. The molecule has 1 amide bonds. The Hall–Kier alpha value is -3.21. The first-order valence-corrected chi connectivity index (χ1v) is 9.02. The van der Waals surface area contributed by atoms with E-state index in [9.17, 15) is 26.7 Å². The van der Waals surface area contributed by atoms with Gasteiger partial charge in [0.25, 0.3) is 5.91 Å². The predicted molar refractivity (Wildman–Crippen MR) is 107 cm³/mol. The number of halogens is 5. The number of para-hydroxylation sites is 1. The average molecular weight is 443 g/mol. The third-order valence-corrected chi connectivity index (χ3v) is 3.94. The summed E-state index contributed by atoms with van der Waals surface area (Å²) in [4.78, 5) is 16.5. The number of aliphatic imine (C=N–C) groups is 1. The predicted octanol–water partition coefficient (Wildman–Crippen LogP) is 3.70. The lowest BCUT2D eigenvalue weighted by Gasteiger charge is -2.25. The minimum atomic E-state index is -4.68. The van der Waals surface area contributed by atoms with Crippen molar-refractivity contribution in [3.8, 4) is 0 Å². The van der Waals surface area contributed by atoms with Crippen molar-refractivity contribution < 1.29 is 26.7 Å². The van der Waals surface area contributed by atoms with Crippen LogP contribution in [0, 0.1) is 11.6 Å². The number of benzene rings is 2. The van der Waals surface area contributed by atoms with Gasteiger partial charge in [0.2, 0.25) is 5.96 Å². The first-order valence-electron chi connectivity index (χ1n) is 9.02. The monoisotopic (exact) mass is 443 g/mol. The molecule has 0 radical (unpaired) electrons. The quantitative estimate of drug-likeness (QED) is 0.251. The maximum atomic E-state index is 13.4. The smallest absolute Gasteiger partial charge is 0.398 e. The van der Waals surface area contributed by atoms with Crippen LogP contribution in [0.3, 0.4) is 0 Å². The van der Waals surface area contributed by atoms with Crippen LogP contribution < -0.4 is 22.1 Å². The molecule has 2 aromatic carbocycles. The molecule has 168 valence electrons. The third-order valence-electron chi connectivity index (χ3n) is 3.94. The van der Waals surface area contributed by atoms with E-state index in [2.05, 4.69) is 15.6 Å². The number of nitrogen functional groups attached to an aromatic ring is 1. The van der Waals surface area contributed by atoms with Crippen molar-refractivity contribution >= 4 is 17.6 Å². The summed E-state index contributed by atoms with van der Waals surface area (Å²) in [6.07, 6.45) is -6.05. The summed E-state index contributed by atoms with van der Waals surface area (Å²) in [6, 6.07) is 5.78. The van der Waals surface area contributed by atoms with E-state index in [1.807, 2.05) is 0 Å². The van der Waals surface area contributed by atoms with Crippen molar-refractivity contribution in [2.75, 3.05) is 5.73 Å². The number of carbonyl (C=O) groups excluding carboxylic acids is 1. The molecule has 6 nitrogen and oxygen atoms in total. The third kappa shape index (κ3) is 6.38. The van der Waals surface area contributed by atoms with E-state index in [1.165, 1.54) is 6.07 Å². The van der Waals surface area contributed by atoms with Gasteiger partial charge in [0, 0.05) is 16.7 Å². The molecule has 0 bridgehead atoms. The maximum absolute atomic E-state index is 13.4. The van der Waals surface area contributed by atoms with Crippen LogP contribution in [0.2, 0.25) is 0 Å². The molecule has 0 aromatic heterocycles. The zero-order valence-electron chi connectivity index (χ0n) is 16.9. The minimum absolute atomic E-state index is 0.106. The molecule has 0 spiro atoms. The van der Waals surface area contributed by atoms with Gasteiger partial charge in [-0.05, 0) is 45.0 Å². The van der Waals surface area contributed by atoms with Crippen molar-refractivity contribution in [3.63, 3.8) is 0 Å². The second-order valence-corrected chi connectivity index (χ2v) is 7.69. The molecule has 0 saturated carbocycles. The number of guanidine groups is 1. The maximum Gasteiger partial charge on any atom is 0.418 e. The van der Waals surface area contributed by atoms with Crippen LogP contribution in [-0.4, -0.2) is 17.4 Å². The van der Waals surface area contributed by atoms with Crippen LogP contribution in [0.25, 0.3) is 0 Å². The standard InChI is InChI=1S/C20H22F5N5O/c1-19(2,3)30-18(29-17(31)10-7-8-13(21)14(22)9-10)28-16(27)11-5-4-6-12(15(11)26)20(23,24)25/h4-9,16H,26-27H2,1-3H3,(H2,28,29,30,31). The van der Waals surface area contributed by atoms with Crippen LogP contribution in [-0.2, 0) is 6.18 Å². The molecule has 0 aliphatic rings. The summed E-state index contributed by atoms with van der Waals surface area (Å²) in [7, 11) is 0. The normalized spacial score (nSPS) is 13.6. The van der Waals surface area contributed by atoms with E-state index in [0.717, 1.165) is 24.3 Å². The lowest BCUT2D eigenvalue weighted by atomic mass is 10.1. The molecule has 2 rings (SSSR count). The molecule has 31 heavy (non-hydrogen) atoms. The SMILES string of the molecule is CC(C)(C)NC(=NC(N)c1cccc(C(F)(F)F)c1N)NC(=O)c1ccc(F)c(F)c1. The summed E-state index contributed by atoms with van der Waals surface area (Å²) in [5.41, 5.74) is 8.99. The van der Waals surface area contributed by atoms with Crippen LogP contribution >= 0.6 is 0 Å². The summed E-state index contributed by atoms with van der Waals surface area (Å²) in [6.45, 7) is 5.20. The van der Waals surface area contributed by atoms with Crippen LogP contribution in [0.1, 0.15) is 48.4 Å². The van der Waals surface area contributed by atoms with Gasteiger partial charge in [-0.25, -0.2) is 13.8 Å². The van der Waals surface area contributed by atoms with Crippen LogP contribution in [0.15, 0.2) is 41.4 Å². The molecule has 6 N–H and O–H groups in total. The average Bonchev–Trinajstić information content (AvgIpc) is 2.61. The highest BCUT2D eigenvalue weighted by atomic mass is 19.4. The largest absolute Gasteiger partial charge is 0.418 e. The van der Waals surface area contributed by atoms with Crippen molar-refractivity contribution in [3.05, 3.63) is 64.7 Å². The fourth-order valence-electron chi connectivity index (χ4n) is 2.56. The van der Waals surface area contributed by atoms with Gasteiger partial charge in [-0.1, -0.05) is 12.1 Å². The number of hydrogen-bond acceptors (Lipinski definition) is 4. The highest BCUT2D eigenvalue weighted by molar-refractivity contribution is 6.05. The molecular formula is C20H22F5N5O. The Balaban J connectivity index is 2.39. The lowest BCUT2D eigenvalue weighted by Crippen LogP contribution is -2.49. The van der Waals surface area contributed by atoms with Crippen molar-refractivity contribution in [1.29, 1.82) is 0 Å². The Kier molecular flexibility index (Phi) is 6.89. The number of carbonyl (C=O) groups is 1. The van der Waals surface area contributed by atoms with Crippen LogP contribution in [0.5, 0.6) is 0 Å². The van der Waals surface area contributed by atoms with Crippen molar-refractivity contribution in [2.24, 2.45) is 10.7 Å². The molecule has 11 heteroatoms. The Bertz CT molecular complexity index is 998. The van der Waals surface area contributed by atoms with Gasteiger partial charge in [0.1, 0.15) is 6.17 Å². The first-order chi connectivity index (χ1) is 14.2. The highest BCUT2D eigenvalue weighted by Crippen LogP contribution is 2.36. The zero-order valence-corrected chi connectivity index (χ0v) is 16.9. The second kappa shape index (κ2) is 8.88. The van der Waals surface area contributed by atoms with Gasteiger partial charge in [0.05, 0.1) is 11.3 Å². The molecule has 1 unspecified atom stereocenters. The lowest BCUT2D eigenvalue weighted by molar-refractivity contribution is -0.136. The summed E-state index contributed by atoms with van der Waals surface area (Å²) >= 11 is 0. The van der Waals surface area contributed by atoms with E-state index < -0.39 is 46.7 Å². The number of nitrogens with one attached hydrogen (secondary N) is 2. The number of nitrogens with two attached hydrogens (primary N) is 2. The Morgan fingerprint density at radius 2 is 1.71 bits per heavy atom. The summed E-state index contributed by atoms with van der Waals surface area (Å²) in [5, 5.41) is 5.22. The first kappa shape index (κ1) is 24.1. The number of nitrogens with zero attached hydrogens (tertiary/aromatic N) is 1. The molecule has 0 aliphatic carbocycles. The van der Waals surface area contributed by atoms with Gasteiger partial charge < -0.3 is 16.8 Å². The highest BCUT2D eigenvalue weighted by Gasteiger charge is 2.34. The molecule has 0 heterocycles. The van der Waals surface area contributed by atoms with Crippen molar-refractivity contribution in [1.82, 2.24) is 10.6 Å². The van der Waals surface area contributed by atoms with E-state index in [4.69, 9.17) is 11.5 Å². The van der Waals surface area contributed by atoms with Gasteiger partial charge >= 0.3 is 6.18 Å². The molecule has 2 aromatic rings. The topological polar surface area (TPSA) is 106 Å². The van der Waals surface area contributed by atoms with E-state index >= 15 is 0 Å². The van der Waals surface area contributed by atoms with E-state index in [-0.39, 0.29) is 17.1 Å². The number of amides is 1. The Morgan fingerprint density at radius 1 is 1.06 bits per heavy atom.